The minimum absolute atomic E-state index is 0.0347. The van der Waals surface area contributed by atoms with E-state index in [0.29, 0.717) is 9.90 Å². The van der Waals surface area contributed by atoms with Gasteiger partial charge in [-0.05, 0) is 30.0 Å². The molecule has 0 aliphatic heterocycles. The minimum atomic E-state index is -0.531. The number of thiophene rings is 1. The molecule has 0 atom stereocenters. The highest BCUT2D eigenvalue weighted by Gasteiger charge is 2.25. The van der Waals surface area contributed by atoms with Crippen molar-refractivity contribution < 1.29 is 4.92 Å². The molecule has 0 bridgehead atoms. The van der Waals surface area contributed by atoms with Crippen molar-refractivity contribution in [3.05, 3.63) is 37.6 Å². The number of aryl methyl sites for hydroxylation is 1. The molecule has 0 aromatic carbocycles. The number of hydrogen-bond acceptors (Lipinski definition) is 5. The molecule has 2 rings (SSSR count). The molecule has 0 saturated heterocycles. The average molecular weight is 290 g/mol. The van der Waals surface area contributed by atoms with Gasteiger partial charge in [0.1, 0.15) is 5.69 Å². The molecule has 0 radical (unpaired) electrons. The summed E-state index contributed by atoms with van der Waals surface area (Å²) >= 11 is 12.9. The normalized spacial score (nSPS) is 10.5. The summed E-state index contributed by atoms with van der Waals surface area (Å²) in [5.41, 5.74) is 0.209. The molecule has 0 fully saturated rings. The van der Waals surface area contributed by atoms with Crippen LogP contribution in [-0.4, -0.2) is 14.9 Å². The summed E-state index contributed by atoms with van der Waals surface area (Å²) in [4.78, 5) is 18.7. The summed E-state index contributed by atoms with van der Waals surface area (Å²) < 4.78 is 0. The van der Waals surface area contributed by atoms with Crippen LogP contribution in [0.3, 0.4) is 0 Å². The first-order chi connectivity index (χ1) is 8.00. The lowest BCUT2D eigenvalue weighted by atomic mass is 10.2. The maximum atomic E-state index is 11.0. The van der Waals surface area contributed by atoms with Crippen molar-refractivity contribution in [3.8, 4) is 10.6 Å². The van der Waals surface area contributed by atoms with Gasteiger partial charge in [-0.15, -0.1) is 11.3 Å². The van der Waals surface area contributed by atoms with Crippen LogP contribution < -0.4 is 0 Å². The Morgan fingerprint density at radius 2 is 2.12 bits per heavy atom. The van der Waals surface area contributed by atoms with E-state index in [1.165, 1.54) is 18.3 Å². The zero-order valence-electron chi connectivity index (χ0n) is 8.48. The van der Waals surface area contributed by atoms with Gasteiger partial charge in [0.25, 0.3) is 0 Å². The Balaban J connectivity index is 2.76. The van der Waals surface area contributed by atoms with Crippen LogP contribution in [0, 0.1) is 17.0 Å². The van der Waals surface area contributed by atoms with Crippen molar-refractivity contribution in [2.75, 3.05) is 0 Å². The summed E-state index contributed by atoms with van der Waals surface area (Å²) in [6.07, 6.45) is 0. The van der Waals surface area contributed by atoms with Gasteiger partial charge in [0.15, 0.2) is 5.69 Å². The lowest BCUT2D eigenvalue weighted by molar-refractivity contribution is -0.385. The average Bonchev–Trinajstić information content (AvgIpc) is 2.62. The van der Waals surface area contributed by atoms with E-state index in [1.54, 1.807) is 11.4 Å². The second-order valence-corrected chi connectivity index (χ2v) is 4.79. The van der Waals surface area contributed by atoms with Crippen LogP contribution in [0.15, 0.2) is 11.4 Å². The van der Waals surface area contributed by atoms with Crippen molar-refractivity contribution in [3.63, 3.8) is 0 Å². The Morgan fingerprint density at radius 1 is 1.41 bits per heavy atom. The lowest BCUT2D eigenvalue weighted by Gasteiger charge is -2.03. The zero-order chi connectivity index (χ0) is 12.6. The molecule has 2 aromatic rings. The van der Waals surface area contributed by atoms with Crippen molar-refractivity contribution in [1.29, 1.82) is 0 Å². The third-order valence-corrected chi connectivity index (χ3v) is 3.56. The summed E-state index contributed by atoms with van der Waals surface area (Å²) in [6, 6.07) is 1.65. The molecule has 0 saturated carbocycles. The monoisotopic (exact) mass is 289 g/mol. The highest BCUT2D eigenvalue weighted by molar-refractivity contribution is 7.14. The summed E-state index contributed by atoms with van der Waals surface area (Å²) in [5.74, 6) is 0. The van der Waals surface area contributed by atoms with Crippen LogP contribution in [0.25, 0.3) is 10.6 Å². The van der Waals surface area contributed by atoms with E-state index < -0.39 is 4.92 Å². The quantitative estimate of drug-likeness (QED) is 0.480. The van der Waals surface area contributed by atoms with E-state index in [9.17, 15) is 10.1 Å². The number of rotatable bonds is 2. The molecule has 0 unspecified atom stereocenters. The van der Waals surface area contributed by atoms with Gasteiger partial charge in [-0.25, -0.2) is 9.97 Å². The molecule has 2 aromatic heterocycles. The predicted molar refractivity (Wildman–Crippen MR) is 66.8 cm³/mol. The molecule has 5 nitrogen and oxygen atoms in total. The Kier molecular flexibility index (Phi) is 3.28. The number of nitro groups is 1. The number of aromatic nitrogens is 2. The summed E-state index contributed by atoms with van der Waals surface area (Å²) in [6.45, 7) is 1.51. The molecular weight excluding hydrogens is 285 g/mol. The van der Waals surface area contributed by atoms with Gasteiger partial charge in [-0.2, -0.15) is 0 Å². The topological polar surface area (TPSA) is 68.9 Å². The fourth-order valence-corrected chi connectivity index (χ4v) is 2.72. The first-order valence-electron chi connectivity index (χ1n) is 4.42. The predicted octanol–water partition coefficient (Wildman–Crippen LogP) is 3.73. The first kappa shape index (κ1) is 12.2. The Morgan fingerprint density at radius 3 is 2.65 bits per heavy atom. The smallest absolute Gasteiger partial charge is 0.258 e. The largest absolute Gasteiger partial charge is 0.317 e. The van der Waals surface area contributed by atoms with Crippen molar-refractivity contribution in [2.45, 2.75) is 6.92 Å². The lowest BCUT2D eigenvalue weighted by Crippen LogP contribution is -2.00. The van der Waals surface area contributed by atoms with E-state index in [1.807, 2.05) is 0 Å². The van der Waals surface area contributed by atoms with Gasteiger partial charge in [-0.3, -0.25) is 10.1 Å². The molecule has 0 aliphatic rings. The van der Waals surface area contributed by atoms with Gasteiger partial charge in [-0.1, -0.05) is 11.6 Å². The highest BCUT2D eigenvalue weighted by Crippen LogP contribution is 2.38. The first-order valence-corrected chi connectivity index (χ1v) is 6.06. The number of halogens is 2. The molecule has 88 valence electrons. The molecule has 8 heteroatoms. The Labute approximate surface area is 110 Å². The van der Waals surface area contributed by atoms with E-state index in [-0.39, 0.29) is 22.4 Å². The van der Waals surface area contributed by atoms with Crippen LogP contribution in [0.1, 0.15) is 5.69 Å². The molecule has 0 amide bonds. The second kappa shape index (κ2) is 4.56. The summed E-state index contributed by atoms with van der Waals surface area (Å²) in [7, 11) is 0. The van der Waals surface area contributed by atoms with Gasteiger partial charge in [0.2, 0.25) is 5.28 Å². The highest BCUT2D eigenvalue weighted by atomic mass is 35.5. The fourth-order valence-electron chi connectivity index (χ4n) is 1.37. The molecule has 0 N–H and O–H groups in total. The molecule has 0 aliphatic carbocycles. The van der Waals surface area contributed by atoms with Gasteiger partial charge in [0.05, 0.1) is 14.8 Å². The van der Waals surface area contributed by atoms with Crippen molar-refractivity contribution in [1.82, 2.24) is 9.97 Å². The number of nitrogens with zero attached hydrogens (tertiary/aromatic N) is 3. The third kappa shape index (κ3) is 2.24. The molecular formula is C9H5Cl2N3O2S. The van der Waals surface area contributed by atoms with E-state index >= 15 is 0 Å². The number of hydrogen-bond donors (Lipinski definition) is 0. The van der Waals surface area contributed by atoms with Gasteiger partial charge in [0, 0.05) is 0 Å². The Bertz CT molecular complexity index is 600. The zero-order valence-corrected chi connectivity index (χ0v) is 10.8. The van der Waals surface area contributed by atoms with Crippen molar-refractivity contribution >= 4 is 40.2 Å². The maximum Gasteiger partial charge on any atom is 0.317 e. The van der Waals surface area contributed by atoms with E-state index in [4.69, 9.17) is 23.2 Å². The summed E-state index contributed by atoms with van der Waals surface area (Å²) in [5, 5.41) is 13.1. The van der Waals surface area contributed by atoms with Crippen LogP contribution in [0.5, 0.6) is 0 Å². The van der Waals surface area contributed by atoms with Crippen LogP contribution >= 0.6 is 34.5 Å². The van der Waals surface area contributed by atoms with E-state index in [2.05, 4.69) is 9.97 Å². The van der Waals surface area contributed by atoms with Crippen LogP contribution in [-0.2, 0) is 0 Å². The van der Waals surface area contributed by atoms with Gasteiger partial charge < -0.3 is 0 Å². The second-order valence-electron chi connectivity index (χ2n) is 3.13. The van der Waals surface area contributed by atoms with Crippen molar-refractivity contribution in [2.24, 2.45) is 0 Å². The van der Waals surface area contributed by atoms with Crippen LogP contribution in [0.4, 0.5) is 5.69 Å². The van der Waals surface area contributed by atoms with Crippen LogP contribution in [0.2, 0.25) is 10.3 Å². The third-order valence-electron chi connectivity index (χ3n) is 2.05. The molecule has 2 heterocycles. The SMILES string of the molecule is Cc1nc(Cl)nc(-c2sccc2Cl)c1[N+](=O)[O-]. The molecule has 17 heavy (non-hydrogen) atoms. The van der Waals surface area contributed by atoms with E-state index in [0.717, 1.165) is 0 Å². The van der Waals surface area contributed by atoms with Gasteiger partial charge >= 0.3 is 5.69 Å². The standard InChI is InChI=1S/C9H5Cl2N3O2S/c1-4-7(14(15)16)6(13-9(11)12-4)8-5(10)2-3-17-8/h2-3H,1H3. The Hall–Kier alpha value is -1.24. The fraction of sp³-hybridized carbons (Fsp3) is 0.111. The minimum Gasteiger partial charge on any atom is -0.258 e. The molecule has 0 spiro atoms. The maximum absolute atomic E-state index is 11.0.